The second kappa shape index (κ2) is 6.52. The van der Waals surface area contributed by atoms with Gasteiger partial charge in [0.1, 0.15) is 5.75 Å². The van der Waals surface area contributed by atoms with Crippen LogP contribution in [-0.2, 0) is 6.32 Å². The van der Waals surface area contributed by atoms with Crippen molar-refractivity contribution in [2.24, 2.45) is 0 Å². The van der Waals surface area contributed by atoms with Gasteiger partial charge in [0, 0.05) is 0 Å². The Balaban J connectivity index is 0.00000196. The van der Waals surface area contributed by atoms with Crippen LogP contribution in [-0.4, -0.2) is 14.1 Å². The van der Waals surface area contributed by atoms with E-state index in [0.717, 1.165) is 0 Å². The zero-order chi connectivity index (χ0) is 10.8. The van der Waals surface area contributed by atoms with Gasteiger partial charge in [0.05, 0.1) is 12.1 Å². The van der Waals surface area contributed by atoms with Gasteiger partial charge in [-0.1, -0.05) is 29.6 Å². The van der Waals surface area contributed by atoms with E-state index >= 15 is 0 Å². The first-order valence-corrected chi connectivity index (χ1v) is 4.33. The van der Waals surface area contributed by atoms with Crippen LogP contribution in [0.15, 0.2) is 18.2 Å². The van der Waals surface area contributed by atoms with E-state index in [2.05, 4.69) is 0 Å². The molecule has 0 aliphatic rings. The summed E-state index contributed by atoms with van der Waals surface area (Å²) in [6.07, 6.45) is -0.909. The van der Waals surface area contributed by atoms with Crippen LogP contribution in [0.4, 0.5) is 12.9 Å². The molecule has 0 aromatic heterocycles. The number of methoxy groups -OCH3 is 1. The molecule has 1 aromatic rings. The number of rotatable bonds is 3. The first-order chi connectivity index (χ1) is 6.42. The molecule has 0 saturated carbocycles. The van der Waals surface area contributed by atoms with Gasteiger partial charge in [0.25, 0.3) is 0 Å². The van der Waals surface area contributed by atoms with Crippen LogP contribution in [0.1, 0.15) is 5.56 Å². The molecule has 0 atom stereocenters. The summed E-state index contributed by atoms with van der Waals surface area (Å²) < 4.78 is 41.0. The second-order valence-electron chi connectivity index (χ2n) is 2.88. The van der Waals surface area contributed by atoms with Crippen molar-refractivity contribution in [3.8, 4) is 5.75 Å². The normalized spacial score (nSPS) is 10.7. The van der Waals surface area contributed by atoms with E-state index in [1.165, 1.54) is 25.3 Å². The Kier molecular flexibility index (Phi) is 6.86. The Labute approximate surface area is 134 Å². The van der Waals surface area contributed by atoms with Crippen LogP contribution in [0.2, 0.25) is 5.02 Å². The maximum Gasteiger partial charge on any atom is 1.00 e. The first kappa shape index (κ1) is 15.8. The first-order valence-electron chi connectivity index (χ1n) is 3.96. The fraction of sp³-hybridized carbons (Fsp3) is 0.250. The van der Waals surface area contributed by atoms with Crippen LogP contribution in [0.25, 0.3) is 0 Å². The SMILES string of the molecule is COc1cc(C[B-](F)(F)F)ccc1Cl.[K+]. The molecule has 0 radical (unpaired) electrons. The van der Waals surface area contributed by atoms with E-state index < -0.39 is 13.3 Å². The molecular weight excluding hydrogens is 254 g/mol. The molecule has 0 amide bonds. The van der Waals surface area contributed by atoms with Gasteiger partial charge in [0.2, 0.25) is 0 Å². The van der Waals surface area contributed by atoms with Crippen molar-refractivity contribution in [3.05, 3.63) is 28.8 Å². The molecule has 1 nitrogen and oxygen atoms in total. The van der Waals surface area contributed by atoms with Crippen molar-refractivity contribution in [3.63, 3.8) is 0 Å². The average molecular weight is 263 g/mol. The summed E-state index contributed by atoms with van der Waals surface area (Å²) in [7, 11) is 1.36. The fourth-order valence-corrected chi connectivity index (χ4v) is 1.29. The van der Waals surface area contributed by atoms with E-state index in [0.29, 0.717) is 5.02 Å². The summed E-state index contributed by atoms with van der Waals surface area (Å²) in [6, 6.07) is 4.05. The topological polar surface area (TPSA) is 9.23 Å². The predicted molar refractivity (Wildman–Crippen MR) is 50.8 cm³/mol. The third-order valence-corrected chi connectivity index (χ3v) is 1.99. The molecule has 1 aromatic carbocycles. The molecule has 0 spiro atoms. The Bertz CT molecular complexity index is 332. The molecule has 1 rings (SSSR count). The summed E-state index contributed by atoms with van der Waals surface area (Å²) in [5.41, 5.74) is 0.166. The minimum absolute atomic E-state index is 0. The number of hydrogen-bond donors (Lipinski definition) is 0. The summed E-state index contributed by atoms with van der Waals surface area (Å²) in [5.74, 6) is 0.268. The van der Waals surface area contributed by atoms with E-state index in [1.807, 2.05) is 0 Å². The van der Waals surface area contributed by atoms with Crippen LogP contribution in [0.3, 0.4) is 0 Å². The molecule has 0 heterocycles. The Morgan fingerprint density at radius 2 is 1.93 bits per heavy atom. The van der Waals surface area contributed by atoms with Gasteiger partial charge in [-0.3, -0.25) is 0 Å². The maximum absolute atomic E-state index is 12.1. The summed E-state index contributed by atoms with van der Waals surface area (Å²) in [6.45, 7) is -4.81. The van der Waals surface area contributed by atoms with Gasteiger partial charge in [0.15, 0.2) is 0 Å². The Morgan fingerprint density at radius 1 is 1.33 bits per heavy atom. The van der Waals surface area contributed by atoms with E-state index in [-0.39, 0.29) is 62.7 Å². The summed E-state index contributed by atoms with van der Waals surface area (Å²) in [5, 5.41) is 0.311. The number of halogens is 4. The molecule has 0 aliphatic heterocycles. The molecule has 0 fully saturated rings. The molecule has 0 N–H and O–H groups in total. The van der Waals surface area contributed by atoms with E-state index in [9.17, 15) is 12.9 Å². The molecule has 7 heteroatoms. The van der Waals surface area contributed by atoms with Crippen molar-refractivity contribution < 1.29 is 69.1 Å². The fourth-order valence-electron chi connectivity index (χ4n) is 1.10. The zero-order valence-electron chi connectivity index (χ0n) is 8.44. The van der Waals surface area contributed by atoms with Gasteiger partial charge < -0.3 is 17.7 Å². The second-order valence-corrected chi connectivity index (χ2v) is 3.29. The predicted octanol–water partition coefficient (Wildman–Crippen LogP) is 0.282. The molecule has 15 heavy (non-hydrogen) atoms. The van der Waals surface area contributed by atoms with Crippen LogP contribution < -0.4 is 56.1 Å². The third kappa shape index (κ3) is 5.61. The third-order valence-electron chi connectivity index (χ3n) is 1.68. The van der Waals surface area contributed by atoms with Crippen molar-refractivity contribution >= 4 is 18.6 Å². The summed E-state index contributed by atoms with van der Waals surface area (Å²) in [4.78, 5) is 0. The van der Waals surface area contributed by atoms with Gasteiger partial charge in [-0.25, -0.2) is 0 Å². The minimum atomic E-state index is -4.81. The zero-order valence-corrected chi connectivity index (χ0v) is 12.3. The van der Waals surface area contributed by atoms with E-state index in [4.69, 9.17) is 16.3 Å². The van der Waals surface area contributed by atoms with E-state index in [1.54, 1.807) is 0 Å². The number of ether oxygens (including phenoxy) is 1. The molecule has 0 bridgehead atoms. The molecule has 78 valence electrons. The Morgan fingerprint density at radius 3 is 2.40 bits per heavy atom. The van der Waals surface area contributed by atoms with Crippen molar-refractivity contribution in [2.45, 2.75) is 6.32 Å². The minimum Gasteiger partial charge on any atom is -0.495 e. The van der Waals surface area contributed by atoms with Gasteiger partial charge in [-0.05, 0) is 12.1 Å². The molecule has 0 aliphatic carbocycles. The molecule has 0 saturated heterocycles. The summed E-state index contributed by atoms with van der Waals surface area (Å²) >= 11 is 5.67. The largest absolute Gasteiger partial charge is 1.00 e. The van der Waals surface area contributed by atoms with Crippen LogP contribution in [0.5, 0.6) is 5.75 Å². The van der Waals surface area contributed by atoms with Crippen LogP contribution in [0, 0.1) is 0 Å². The van der Waals surface area contributed by atoms with Crippen molar-refractivity contribution in [1.29, 1.82) is 0 Å². The number of hydrogen-bond acceptors (Lipinski definition) is 1. The van der Waals surface area contributed by atoms with Gasteiger partial charge in [-0.15, -0.1) is 0 Å². The molecule has 0 unspecified atom stereocenters. The Hall–Kier alpha value is 0.801. The monoisotopic (exact) mass is 262 g/mol. The van der Waals surface area contributed by atoms with Gasteiger partial charge in [-0.2, -0.15) is 0 Å². The van der Waals surface area contributed by atoms with Gasteiger partial charge >= 0.3 is 58.4 Å². The molecular formula is C8H8BClF3KO. The van der Waals surface area contributed by atoms with Crippen molar-refractivity contribution in [2.75, 3.05) is 7.11 Å². The maximum atomic E-state index is 12.1. The average Bonchev–Trinajstić information content (AvgIpc) is 2.06. The standard InChI is InChI=1S/C8H8BClF3O.K/c1-14-8-4-6(2-3-7(8)10)5-9(11,12)13;/h2-4H,5H2,1H3;/q-1;+1. The van der Waals surface area contributed by atoms with Crippen molar-refractivity contribution in [1.82, 2.24) is 0 Å². The number of benzene rings is 1. The quantitative estimate of drug-likeness (QED) is 0.711. The van der Waals surface area contributed by atoms with Crippen LogP contribution >= 0.6 is 11.6 Å². The smallest absolute Gasteiger partial charge is 0.495 e.